The molecule has 1 aromatic carbocycles. The fourth-order valence-electron chi connectivity index (χ4n) is 1.55. The smallest absolute Gasteiger partial charge is 0.123 e. The molecule has 0 aromatic heterocycles. The first kappa shape index (κ1) is 11.2. The highest BCUT2D eigenvalue weighted by Gasteiger charge is 2.10. The molecule has 0 amide bonds. The quantitative estimate of drug-likeness (QED) is 0.778. The molecule has 1 rings (SSSR count). The summed E-state index contributed by atoms with van der Waals surface area (Å²) in [5, 5.41) is 3.27. The lowest BCUT2D eigenvalue weighted by Crippen LogP contribution is -2.32. The van der Waals surface area contributed by atoms with E-state index in [1.165, 1.54) is 17.7 Å². The van der Waals surface area contributed by atoms with E-state index in [2.05, 4.69) is 19.2 Å². The fraction of sp³-hybridized carbons (Fsp3) is 0.500. The molecule has 0 aliphatic rings. The van der Waals surface area contributed by atoms with Gasteiger partial charge in [-0.05, 0) is 37.1 Å². The molecule has 0 unspecified atom stereocenters. The Morgan fingerprint density at radius 1 is 1.21 bits per heavy atom. The zero-order valence-electron chi connectivity index (χ0n) is 9.05. The molecule has 0 bridgehead atoms. The molecule has 1 nitrogen and oxygen atoms in total. The number of nitrogens with one attached hydrogen (secondary N) is 1. The summed E-state index contributed by atoms with van der Waals surface area (Å²) in [6.45, 7) is 4.37. The van der Waals surface area contributed by atoms with E-state index in [1.807, 2.05) is 19.2 Å². The molecule has 0 saturated heterocycles. The maximum atomic E-state index is 12.6. The second-order valence-corrected chi connectivity index (χ2v) is 3.97. The minimum Gasteiger partial charge on any atom is -0.316 e. The standard InChI is InChI=1S/C12H18FN/c1-9(2)12(14-3)8-10-4-6-11(13)7-5-10/h4-7,9,12,14H,8H2,1-3H3/t12-/m0/s1. The lowest BCUT2D eigenvalue weighted by Gasteiger charge is -2.20. The van der Waals surface area contributed by atoms with E-state index in [-0.39, 0.29) is 5.82 Å². The van der Waals surface area contributed by atoms with Crippen LogP contribution in [0.25, 0.3) is 0 Å². The second-order valence-electron chi connectivity index (χ2n) is 3.97. The van der Waals surface area contributed by atoms with Crippen LogP contribution in [0.15, 0.2) is 24.3 Å². The predicted octanol–water partition coefficient (Wildman–Crippen LogP) is 2.61. The topological polar surface area (TPSA) is 12.0 Å². The first-order chi connectivity index (χ1) is 6.63. The SMILES string of the molecule is CN[C@@H](Cc1ccc(F)cc1)C(C)C. The molecule has 0 saturated carbocycles. The summed E-state index contributed by atoms with van der Waals surface area (Å²) in [5.74, 6) is 0.421. The first-order valence-electron chi connectivity index (χ1n) is 5.05. The number of likely N-dealkylation sites (N-methyl/N-ethyl adjacent to an activating group) is 1. The Hall–Kier alpha value is -0.890. The molecular formula is C12H18FN. The van der Waals surface area contributed by atoms with Crippen LogP contribution in [0.3, 0.4) is 0 Å². The Kier molecular flexibility index (Phi) is 4.08. The summed E-state index contributed by atoms with van der Waals surface area (Å²) in [6.07, 6.45) is 0.953. The number of hydrogen-bond donors (Lipinski definition) is 1. The Morgan fingerprint density at radius 2 is 1.79 bits per heavy atom. The van der Waals surface area contributed by atoms with E-state index in [0.29, 0.717) is 12.0 Å². The zero-order chi connectivity index (χ0) is 10.6. The van der Waals surface area contributed by atoms with Gasteiger partial charge in [-0.15, -0.1) is 0 Å². The fourth-order valence-corrected chi connectivity index (χ4v) is 1.55. The molecule has 14 heavy (non-hydrogen) atoms. The van der Waals surface area contributed by atoms with E-state index in [9.17, 15) is 4.39 Å². The Labute approximate surface area is 85.3 Å². The van der Waals surface area contributed by atoms with Gasteiger partial charge in [-0.1, -0.05) is 26.0 Å². The van der Waals surface area contributed by atoms with Crippen molar-refractivity contribution in [3.63, 3.8) is 0 Å². The van der Waals surface area contributed by atoms with E-state index in [1.54, 1.807) is 0 Å². The van der Waals surface area contributed by atoms with Crippen LogP contribution in [-0.2, 0) is 6.42 Å². The molecule has 0 spiro atoms. The number of hydrogen-bond acceptors (Lipinski definition) is 1. The molecular weight excluding hydrogens is 177 g/mol. The predicted molar refractivity (Wildman–Crippen MR) is 57.8 cm³/mol. The van der Waals surface area contributed by atoms with Crippen molar-refractivity contribution >= 4 is 0 Å². The van der Waals surface area contributed by atoms with Crippen LogP contribution in [-0.4, -0.2) is 13.1 Å². The number of rotatable bonds is 4. The van der Waals surface area contributed by atoms with Crippen molar-refractivity contribution in [2.24, 2.45) is 5.92 Å². The van der Waals surface area contributed by atoms with Gasteiger partial charge in [-0.3, -0.25) is 0 Å². The van der Waals surface area contributed by atoms with Crippen molar-refractivity contribution in [3.05, 3.63) is 35.6 Å². The maximum Gasteiger partial charge on any atom is 0.123 e. The highest BCUT2D eigenvalue weighted by atomic mass is 19.1. The minimum atomic E-state index is -0.167. The number of halogens is 1. The molecule has 1 atom stereocenters. The summed E-state index contributed by atoms with van der Waals surface area (Å²) in [4.78, 5) is 0. The molecule has 0 radical (unpaired) electrons. The average molecular weight is 195 g/mol. The van der Waals surface area contributed by atoms with Crippen molar-refractivity contribution < 1.29 is 4.39 Å². The van der Waals surface area contributed by atoms with Crippen LogP contribution in [0.2, 0.25) is 0 Å². The third-order valence-corrected chi connectivity index (χ3v) is 2.54. The first-order valence-corrected chi connectivity index (χ1v) is 5.05. The summed E-state index contributed by atoms with van der Waals surface area (Å²) in [5.41, 5.74) is 1.18. The highest BCUT2D eigenvalue weighted by Crippen LogP contribution is 2.10. The van der Waals surface area contributed by atoms with Gasteiger partial charge < -0.3 is 5.32 Å². The Balaban J connectivity index is 2.63. The Morgan fingerprint density at radius 3 is 2.21 bits per heavy atom. The molecule has 1 N–H and O–H groups in total. The van der Waals surface area contributed by atoms with Crippen LogP contribution >= 0.6 is 0 Å². The van der Waals surface area contributed by atoms with Crippen LogP contribution < -0.4 is 5.32 Å². The van der Waals surface area contributed by atoms with Gasteiger partial charge in [0.25, 0.3) is 0 Å². The van der Waals surface area contributed by atoms with Gasteiger partial charge in [0, 0.05) is 6.04 Å². The van der Waals surface area contributed by atoms with Gasteiger partial charge in [0.15, 0.2) is 0 Å². The zero-order valence-corrected chi connectivity index (χ0v) is 9.05. The molecule has 0 aliphatic carbocycles. The average Bonchev–Trinajstić information content (AvgIpc) is 2.16. The van der Waals surface area contributed by atoms with Gasteiger partial charge in [0.05, 0.1) is 0 Å². The van der Waals surface area contributed by atoms with E-state index >= 15 is 0 Å². The van der Waals surface area contributed by atoms with Crippen molar-refractivity contribution in [3.8, 4) is 0 Å². The van der Waals surface area contributed by atoms with Crippen molar-refractivity contribution in [1.29, 1.82) is 0 Å². The van der Waals surface area contributed by atoms with Crippen LogP contribution in [0.1, 0.15) is 19.4 Å². The van der Waals surface area contributed by atoms with E-state index in [0.717, 1.165) is 6.42 Å². The van der Waals surface area contributed by atoms with Gasteiger partial charge in [0.1, 0.15) is 5.82 Å². The lowest BCUT2D eigenvalue weighted by atomic mass is 9.97. The lowest BCUT2D eigenvalue weighted by molar-refractivity contribution is 0.424. The van der Waals surface area contributed by atoms with E-state index in [4.69, 9.17) is 0 Å². The van der Waals surface area contributed by atoms with Gasteiger partial charge in [-0.25, -0.2) is 4.39 Å². The summed E-state index contributed by atoms with van der Waals surface area (Å²) in [6, 6.07) is 7.19. The molecule has 2 heteroatoms. The van der Waals surface area contributed by atoms with Gasteiger partial charge in [-0.2, -0.15) is 0 Å². The highest BCUT2D eigenvalue weighted by molar-refractivity contribution is 5.17. The summed E-state index contributed by atoms with van der Waals surface area (Å²) < 4.78 is 12.6. The second kappa shape index (κ2) is 5.11. The number of benzene rings is 1. The third-order valence-electron chi connectivity index (χ3n) is 2.54. The molecule has 0 aliphatic heterocycles. The largest absolute Gasteiger partial charge is 0.316 e. The Bertz CT molecular complexity index is 266. The third kappa shape index (κ3) is 3.11. The summed E-state index contributed by atoms with van der Waals surface area (Å²) >= 11 is 0. The maximum absolute atomic E-state index is 12.6. The van der Waals surface area contributed by atoms with Crippen LogP contribution in [0.4, 0.5) is 4.39 Å². The van der Waals surface area contributed by atoms with Crippen LogP contribution in [0.5, 0.6) is 0 Å². The van der Waals surface area contributed by atoms with Crippen molar-refractivity contribution in [1.82, 2.24) is 5.32 Å². The minimum absolute atomic E-state index is 0.167. The molecule has 0 heterocycles. The molecule has 1 aromatic rings. The van der Waals surface area contributed by atoms with E-state index < -0.39 is 0 Å². The van der Waals surface area contributed by atoms with Crippen LogP contribution in [0, 0.1) is 11.7 Å². The molecule has 78 valence electrons. The van der Waals surface area contributed by atoms with Gasteiger partial charge >= 0.3 is 0 Å². The van der Waals surface area contributed by atoms with Crippen molar-refractivity contribution in [2.45, 2.75) is 26.3 Å². The monoisotopic (exact) mass is 195 g/mol. The normalized spacial score (nSPS) is 13.2. The van der Waals surface area contributed by atoms with Crippen molar-refractivity contribution in [2.75, 3.05) is 7.05 Å². The van der Waals surface area contributed by atoms with Gasteiger partial charge in [0.2, 0.25) is 0 Å². The summed E-state index contributed by atoms with van der Waals surface area (Å²) in [7, 11) is 1.97. The molecule has 0 fully saturated rings.